The quantitative estimate of drug-likeness (QED) is 0.407. The molecule has 0 bridgehead atoms. The van der Waals surface area contributed by atoms with Gasteiger partial charge in [0.25, 0.3) is 0 Å². The Balaban J connectivity index is 5.16. The third-order valence-corrected chi connectivity index (χ3v) is 9.93. The van der Waals surface area contributed by atoms with Crippen molar-refractivity contribution < 1.29 is 9.53 Å². The summed E-state index contributed by atoms with van der Waals surface area (Å²) in [6.45, 7) is 21.8. The maximum atomic E-state index is 10.6. The highest BCUT2D eigenvalue weighted by Crippen LogP contribution is 2.39. The molecule has 0 aliphatic heterocycles. The Morgan fingerprint density at radius 2 is 1.77 bits per heavy atom. The summed E-state index contributed by atoms with van der Waals surface area (Å²) in [5, 5.41) is 10.8. The van der Waals surface area contributed by atoms with Gasteiger partial charge in [-0.05, 0) is 36.4 Å². The highest BCUT2D eigenvalue weighted by molar-refractivity contribution is 6.74. The second-order valence-corrected chi connectivity index (χ2v) is 13.2. The van der Waals surface area contributed by atoms with Crippen LogP contribution in [0.15, 0.2) is 12.7 Å². The maximum Gasteiger partial charge on any atom is 0.192 e. The van der Waals surface area contributed by atoms with E-state index in [2.05, 4.69) is 61.2 Å². The van der Waals surface area contributed by atoms with Gasteiger partial charge in [-0.25, -0.2) is 0 Å². The lowest BCUT2D eigenvalue weighted by atomic mass is 9.84. The number of aliphatic hydroxyl groups is 1. The molecule has 0 aliphatic carbocycles. The van der Waals surface area contributed by atoms with Gasteiger partial charge >= 0.3 is 0 Å². The molecule has 0 unspecified atom stereocenters. The molecule has 0 saturated carbocycles. The van der Waals surface area contributed by atoms with E-state index in [1.165, 1.54) is 19.3 Å². The van der Waals surface area contributed by atoms with Crippen molar-refractivity contribution >= 4 is 8.32 Å². The summed E-state index contributed by atoms with van der Waals surface area (Å²) in [5.74, 6) is 0.921. The maximum absolute atomic E-state index is 10.6. The molecule has 0 spiro atoms. The number of hydrogen-bond donors (Lipinski definition) is 1. The molecule has 3 heteroatoms. The van der Waals surface area contributed by atoms with Crippen LogP contribution in [0.5, 0.6) is 0 Å². The van der Waals surface area contributed by atoms with Gasteiger partial charge in [0.05, 0.1) is 12.2 Å². The van der Waals surface area contributed by atoms with E-state index in [-0.39, 0.29) is 11.1 Å². The summed E-state index contributed by atoms with van der Waals surface area (Å²) >= 11 is 0. The van der Waals surface area contributed by atoms with Crippen LogP contribution in [0.25, 0.3) is 0 Å². The Morgan fingerprint density at radius 3 is 2.18 bits per heavy atom. The molecule has 1 N–H and O–H groups in total. The molecule has 2 nitrogen and oxygen atoms in total. The minimum absolute atomic E-state index is 0.0919. The SMILES string of the molecule is C=CC[C@@H](O)[C@@H](O[Si](C)(C)C(C)(C)C)[C@H](C)[C@@H](C)CCCC. The van der Waals surface area contributed by atoms with Crippen LogP contribution in [-0.4, -0.2) is 25.6 Å². The second-order valence-electron chi connectivity index (χ2n) is 8.41. The summed E-state index contributed by atoms with van der Waals surface area (Å²) in [6, 6.07) is 0. The van der Waals surface area contributed by atoms with Crippen molar-refractivity contribution in [3.05, 3.63) is 12.7 Å². The molecule has 22 heavy (non-hydrogen) atoms. The van der Waals surface area contributed by atoms with Gasteiger partial charge in [0.1, 0.15) is 0 Å². The van der Waals surface area contributed by atoms with Gasteiger partial charge in [-0.2, -0.15) is 0 Å². The van der Waals surface area contributed by atoms with Crippen molar-refractivity contribution in [2.75, 3.05) is 0 Å². The molecule has 0 fully saturated rings. The second kappa shape index (κ2) is 9.24. The third-order valence-electron chi connectivity index (χ3n) is 5.45. The van der Waals surface area contributed by atoms with Crippen molar-refractivity contribution in [1.82, 2.24) is 0 Å². The number of aliphatic hydroxyl groups excluding tert-OH is 1. The smallest absolute Gasteiger partial charge is 0.192 e. The highest BCUT2D eigenvalue weighted by atomic mass is 28.4. The van der Waals surface area contributed by atoms with E-state index in [4.69, 9.17) is 4.43 Å². The van der Waals surface area contributed by atoms with E-state index in [0.29, 0.717) is 18.3 Å². The zero-order valence-electron chi connectivity index (χ0n) is 16.3. The van der Waals surface area contributed by atoms with Crippen LogP contribution in [0.4, 0.5) is 0 Å². The molecular weight excluding hydrogens is 288 g/mol. The predicted molar refractivity (Wildman–Crippen MR) is 101 cm³/mol. The minimum atomic E-state index is -1.89. The lowest BCUT2D eigenvalue weighted by Crippen LogP contribution is -2.50. The van der Waals surface area contributed by atoms with E-state index in [1.54, 1.807) is 6.08 Å². The average molecular weight is 329 g/mol. The fraction of sp³-hybridized carbons (Fsp3) is 0.895. The van der Waals surface area contributed by atoms with Crippen molar-refractivity contribution in [3.8, 4) is 0 Å². The van der Waals surface area contributed by atoms with E-state index < -0.39 is 14.4 Å². The third kappa shape index (κ3) is 6.55. The minimum Gasteiger partial charge on any atom is -0.411 e. The molecule has 132 valence electrons. The van der Waals surface area contributed by atoms with Gasteiger partial charge in [0.2, 0.25) is 0 Å². The van der Waals surface area contributed by atoms with Gasteiger partial charge in [-0.3, -0.25) is 0 Å². The summed E-state index contributed by atoms with van der Waals surface area (Å²) < 4.78 is 6.62. The first-order chi connectivity index (χ1) is 9.97. The first-order valence-electron chi connectivity index (χ1n) is 8.94. The Morgan fingerprint density at radius 1 is 1.23 bits per heavy atom. The Hall–Kier alpha value is -0.123. The molecule has 4 atom stereocenters. The predicted octanol–water partition coefficient (Wildman–Crippen LogP) is 5.78. The molecule has 0 rings (SSSR count). The number of unbranched alkanes of at least 4 members (excludes halogenated alkanes) is 1. The average Bonchev–Trinajstić information content (AvgIpc) is 2.40. The molecule has 0 saturated heterocycles. The molecular formula is C19H40O2Si. The van der Waals surface area contributed by atoms with E-state index in [9.17, 15) is 5.11 Å². The summed E-state index contributed by atoms with van der Waals surface area (Å²) in [4.78, 5) is 0. The summed E-state index contributed by atoms with van der Waals surface area (Å²) in [7, 11) is -1.89. The highest BCUT2D eigenvalue weighted by Gasteiger charge is 2.42. The standard InChI is InChI=1S/C19H40O2Si/c1-10-12-14-15(3)16(4)18(17(20)13-11-2)21-22(8,9)19(5,6)7/h11,15-18,20H,2,10,12-14H2,1,3-9H3/t15-,16+,17+,18-/m0/s1. The van der Waals surface area contributed by atoms with Crippen molar-refractivity contribution in [1.29, 1.82) is 0 Å². The molecule has 0 aromatic heterocycles. The number of hydrogen-bond acceptors (Lipinski definition) is 2. The fourth-order valence-corrected chi connectivity index (χ4v) is 3.88. The fourth-order valence-electron chi connectivity index (χ4n) is 2.47. The lowest BCUT2D eigenvalue weighted by molar-refractivity contribution is -0.0172. The molecule has 0 aromatic carbocycles. The van der Waals surface area contributed by atoms with Gasteiger partial charge in [-0.1, -0.05) is 66.9 Å². The summed E-state index contributed by atoms with van der Waals surface area (Å²) in [6.07, 6.45) is 5.53. The van der Waals surface area contributed by atoms with Crippen LogP contribution < -0.4 is 0 Å². The van der Waals surface area contributed by atoms with Crippen LogP contribution in [0.1, 0.15) is 67.2 Å². The van der Waals surface area contributed by atoms with Crippen LogP contribution in [-0.2, 0) is 4.43 Å². The molecule has 0 radical (unpaired) electrons. The van der Waals surface area contributed by atoms with Gasteiger partial charge in [-0.15, -0.1) is 6.58 Å². The first-order valence-corrected chi connectivity index (χ1v) is 11.9. The van der Waals surface area contributed by atoms with Gasteiger partial charge < -0.3 is 9.53 Å². The Kier molecular flexibility index (Phi) is 9.19. The molecule has 0 aliphatic rings. The van der Waals surface area contributed by atoms with Crippen LogP contribution in [0.3, 0.4) is 0 Å². The monoisotopic (exact) mass is 328 g/mol. The van der Waals surface area contributed by atoms with Crippen LogP contribution in [0.2, 0.25) is 18.1 Å². The topological polar surface area (TPSA) is 29.5 Å². The van der Waals surface area contributed by atoms with Crippen molar-refractivity contribution in [3.63, 3.8) is 0 Å². The zero-order valence-corrected chi connectivity index (χ0v) is 17.3. The Labute approximate surface area is 140 Å². The van der Waals surface area contributed by atoms with Crippen molar-refractivity contribution in [2.45, 2.75) is 97.6 Å². The van der Waals surface area contributed by atoms with Gasteiger partial charge in [0, 0.05) is 0 Å². The Bertz CT molecular complexity index is 320. The van der Waals surface area contributed by atoms with Gasteiger partial charge in [0.15, 0.2) is 8.32 Å². The van der Waals surface area contributed by atoms with E-state index in [0.717, 1.165) is 0 Å². The number of rotatable bonds is 10. The zero-order chi connectivity index (χ0) is 17.6. The van der Waals surface area contributed by atoms with E-state index >= 15 is 0 Å². The first kappa shape index (κ1) is 21.9. The van der Waals surface area contributed by atoms with Crippen molar-refractivity contribution in [2.24, 2.45) is 11.8 Å². The largest absolute Gasteiger partial charge is 0.411 e. The molecule has 0 heterocycles. The van der Waals surface area contributed by atoms with Crippen LogP contribution >= 0.6 is 0 Å². The lowest BCUT2D eigenvalue weighted by Gasteiger charge is -2.43. The summed E-state index contributed by atoms with van der Waals surface area (Å²) in [5.41, 5.74) is 0. The molecule has 0 aromatic rings. The normalized spacial score (nSPS) is 18.6. The molecule has 0 amide bonds. The van der Waals surface area contributed by atoms with Crippen LogP contribution in [0, 0.1) is 11.8 Å². The van der Waals surface area contributed by atoms with E-state index in [1.807, 2.05) is 0 Å².